The van der Waals surface area contributed by atoms with E-state index in [1.165, 1.54) is 23.5 Å². The van der Waals surface area contributed by atoms with Gasteiger partial charge < -0.3 is 9.47 Å². The molecule has 2 rings (SSSR count). The highest BCUT2D eigenvalue weighted by atomic mass is 32.2. The minimum absolute atomic E-state index is 0.122. The molecule has 0 amide bonds. The number of methoxy groups -OCH3 is 2. The fourth-order valence-electron chi connectivity index (χ4n) is 2.61. The first kappa shape index (κ1) is 16.2. The Hall–Kier alpha value is -1.18. The fraction of sp³-hybridized carbons (Fsp3) is 0.571. The lowest BCUT2D eigenvalue weighted by Crippen LogP contribution is -2.41. The van der Waals surface area contributed by atoms with Crippen LogP contribution in [0.1, 0.15) is 12.8 Å². The lowest BCUT2D eigenvalue weighted by molar-refractivity contribution is 0.118. The van der Waals surface area contributed by atoms with Gasteiger partial charge in [0.25, 0.3) is 0 Å². The van der Waals surface area contributed by atoms with Gasteiger partial charge in [-0.25, -0.2) is 12.8 Å². The number of halogens is 1. The second-order valence-corrected chi connectivity index (χ2v) is 7.03. The number of nitrogens with zero attached hydrogens (tertiary/aromatic N) is 1. The largest absolute Gasteiger partial charge is 0.495 e. The minimum Gasteiger partial charge on any atom is -0.495 e. The molecule has 118 valence electrons. The smallest absolute Gasteiger partial charge is 0.246 e. The molecule has 0 spiro atoms. The first-order valence-electron chi connectivity index (χ1n) is 6.81. The molecule has 7 heteroatoms. The molecule has 0 radical (unpaired) electrons. The first-order chi connectivity index (χ1) is 9.98. The molecule has 1 aromatic rings. The molecule has 1 saturated heterocycles. The van der Waals surface area contributed by atoms with Crippen molar-refractivity contribution in [3.05, 3.63) is 24.0 Å². The van der Waals surface area contributed by atoms with E-state index < -0.39 is 15.8 Å². The summed E-state index contributed by atoms with van der Waals surface area (Å²) in [6.45, 7) is 1.34. The summed E-state index contributed by atoms with van der Waals surface area (Å²) in [5.74, 6) is -0.275. The van der Waals surface area contributed by atoms with E-state index in [2.05, 4.69) is 0 Å². The molecular weight excluding hydrogens is 297 g/mol. The number of sulfonamides is 1. The number of rotatable bonds is 5. The summed E-state index contributed by atoms with van der Waals surface area (Å²) in [5, 5.41) is 0. The highest BCUT2D eigenvalue weighted by molar-refractivity contribution is 7.89. The van der Waals surface area contributed by atoms with E-state index in [-0.39, 0.29) is 16.6 Å². The highest BCUT2D eigenvalue weighted by Gasteiger charge is 2.32. The van der Waals surface area contributed by atoms with Gasteiger partial charge in [0.05, 0.1) is 13.7 Å². The van der Waals surface area contributed by atoms with E-state index in [4.69, 9.17) is 9.47 Å². The third kappa shape index (κ3) is 3.53. The van der Waals surface area contributed by atoms with Gasteiger partial charge in [0.15, 0.2) is 0 Å². The summed E-state index contributed by atoms with van der Waals surface area (Å²) >= 11 is 0. The molecule has 1 aliphatic heterocycles. The molecule has 1 fully saturated rings. The molecule has 0 aromatic heterocycles. The molecular formula is C14H20FNO4S. The Balaban J connectivity index is 2.31. The van der Waals surface area contributed by atoms with Crippen LogP contribution in [0, 0.1) is 11.7 Å². The molecule has 1 aliphatic rings. The van der Waals surface area contributed by atoms with Crippen molar-refractivity contribution in [2.45, 2.75) is 17.7 Å². The van der Waals surface area contributed by atoms with Gasteiger partial charge in [0.2, 0.25) is 10.0 Å². The molecule has 1 atom stereocenters. The zero-order valence-electron chi connectivity index (χ0n) is 12.2. The molecule has 0 aliphatic carbocycles. The van der Waals surface area contributed by atoms with Crippen molar-refractivity contribution >= 4 is 10.0 Å². The number of benzene rings is 1. The molecule has 0 N–H and O–H groups in total. The minimum atomic E-state index is -3.77. The maximum atomic E-state index is 13.4. The van der Waals surface area contributed by atoms with E-state index in [0.29, 0.717) is 19.7 Å². The molecule has 21 heavy (non-hydrogen) atoms. The van der Waals surface area contributed by atoms with Crippen molar-refractivity contribution < 1.29 is 22.3 Å². The Morgan fingerprint density at radius 3 is 2.81 bits per heavy atom. The van der Waals surface area contributed by atoms with Gasteiger partial charge in [-0.2, -0.15) is 4.31 Å². The van der Waals surface area contributed by atoms with Crippen LogP contribution in [-0.4, -0.2) is 46.6 Å². The number of ether oxygens (including phenoxy) is 2. The maximum Gasteiger partial charge on any atom is 0.246 e. The lowest BCUT2D eigenvalue weighted by atomic mass is 10.0. The standard InChI is InChI=1S/C14H20FNO4S/c1-19-10-11-4-3-7-16(9-11)21(17,18)14-8-12(15)5-6-13(14)20-2/h5-6,8,11H,3-4,7,9-10H2,1-2H3. The summed E-state index contributed by atoms with van der Waals surface area (Å²) in [6, 6.07) is 3.52. The first-order valence-corrected chi connectivity index (χ1v) is 8.25. The Kier molecular flexibility index (Phi) is 5.18. The van der Waals surface area contributed by atoms with Crippen molar-refractivity contribution in [3.63, 3.8) is 0 Å². The van der Waals surface area contributed by atoms with E-state index in [0.717, 1.165) is 18.9 Å². The monoisotopic (exact) mass is 317 g/mol. The third-order valence-electron chi connectivity index (χ3n) is 3.63. The Morgan fingerprint density at radius 1 is 1.38 bits per heavy atom. The Labute approximate surface area is 124 Å². The van der Waals surface area contributed by atoms with Gasteiger partial charge in [-0.05, 0) is 37.0 Å². The van der Waals surface area contributed by atoms with Gasteiger partial charge in [0.1, 0.15) is 16.5 Å². The van der Waals surface area contributed by atoms with Crippen molar-refractivity contribution in [3.8, 4) is 5.75 Å². The Bertz CT molecular complexity index is 589. The van der Waals surface area contributed by atoms with E-state index in [9.17, 15) is 12.8 Å². The third-order valence-corrected chi connectivity index (χ3v) is 5.51. The van der Waals surface area contributed by atoms with Crippen LogP contribution in [-0.2, 0) is 14.8 Å². The summed E-state index contributed by atoms with van der Waals surface area (Å²) in [7, 11) is -0.794. The van der Waals surface area contributed by atoms with Crippen LogP contribution < -0.4 is 4.74 Å². The Morgan fingerprint density at radius 2 is 2.14 bits per heavy atom. The second kappa shape index (κ2) is 6.72. The van der Waals surface area contributed by atoms with Gasteiger partial charge in [-0.15, -0.1) is 0 Å². The molecule has 1 unspecified atom stereocenters. The van der Waals surface area contributed by atoms with Gasteiger partial charge in [0, 0.05) is 20.2 Å². The number of hydrogen-bond acceptors (Lipinski definition) is 4. The SMILES string of the molecule is COCC1CCCN(S(=O)(=O)c2cc(F)ccc2OC)C1. The van der Waals surface area contributed by atoms with E-state index in [1.54, 1.807) is 7.11 Å². The van der Waals surface area contributed by atoms with Crippen LogP contribution in [0.3, 0.4) is 0 Å². The van der Waals surface area contributed by atoms with Gasteiger partial charge >= 0.3 is 0 Å². The zero-order valence-corrected chi connectivity index (χ0v) is 13.0. The fourth-order valence-corrected chi connectivity index (χ4v) is 4.33. The van der Waals surface area contributed by atoms with Crippen LogP contribution in [0.15, 0.2) is 23.1 Å². The van der Waals surface area contributed by atoms with Crippen LogP contribution >= 0.6 is 0 Å². The highest BCUT2D eigenvalue weighted by Crippen LogP contribution is 2.30. The maximum absolute atomic E-state index is 13.4. The normalized spacial score (nSPS) is 20.4. The second-order valence-electron chi connectivity index (χ2n) is 5.12. The van der Waals surface area contributed by atoms with Crippen molar-refractivity contribution in [1.29, 1.82) is 0 Å². The van der Waals surface area contributed by atoms with Crippen molar-refractivity contribution in [2.24, 2.45) is 5.92 Å². The van der Waals surface area contributed by atoms with Gasteiger partial charge in [-0.3, -0.25) is 0 Å². The lowest BCUT2D eigenvalue weighted by Gasteiger charge is -2.31. The zero-order chi connectivity index (χ0) is 15.5. The molecule has 5 nitrogen and oxygen atoms in total. The van der Waals surface area contributed by atoms with Crippen molar-refractivity contribution in [2.75, 3.05) is 33.9 Å². The van der Waals surface area contributed by atoms with E-state index >= 15 is 0 Å². The van der Waals surface area contributed by atoms with Crippen LogP contribution in [0.25, 0.3) is 0 Å². The number of piperidine rings is 1. The van der Waals surface area contributed by atoms with Crippen LogP contribution in [0.2, 0.25) is 0 Å². The molecule has 0 bridgehead atoms. The predicted molar refractivity (Wildman–Crippen MR) is 76.3 cm³/mol. The molecule has 0 saturated carbocycles. The average Bonchev–Trinajstić information content (AvgIpc) is 2.48. The van der Waals surface area contributed by atoms with Crippen molar-refractivity contribution in [1.82, 2.24) is 4.31 Å². The predicted octanol–water partition coefficient (Wildman–Crippen LogP) is 1.88. The quantitative estimate of drug-likeness (QED) is 0.832. The topological polar surface area (TPSA) is 55.8 Å². The summed E-state index contributed by atoms with van der Waals surface area (Å²) in [4.78, 5) is -0.122. The summed E-state index contributed by atoms with van der Waals surface area (Å²) in [6.07, 6.45) is 1.70. The number of hydrogen-bond donors (Lipinski definition) is 0. The van der Waals surface area contributed by atoms with Crippen LogP contribution in [0.4, 0.5) is 4.39 Å². The van der Waals surface area contributed by atoms with Crippen LogP contribution in [0.5, 0.6) is 5.75 Å². The van der Waals surface area contributed by atoms with E-state index in [1.807, 2.05) is 0 Å². The molecule has 1 aromatic carbocycles. The van der Waals surface area contributed by atoms with Gasteiger partial charge in [-0.1, -0.05) is 0 Å². The summed E-state index contributed by atoms with van der Waals surface area (Å²) in [5.41, 5.74) is 0. The average molecular weight is 317 g/mol. The molecule has 1 heterocycles. The summed E-state index contributed by atoms with van der Waals surface area (Å²) < 4.78 is 50.4.